The molecular weight excluding hydrogens is 188 g/mol. The number of hydrogen-bond donors (Lipinski definition) is 1. The molecule has 2 aromatic heterocycles. The van der Waals surface area contributed by atoms with Gasteiger partial charge in [-0.05, 0) is 18.9 Å². The minimum atomic E-state index is 0.534. The van der Waals surface area contributed by atoms with Crippen LogP contribution in [0.1, 0.15) is 36.4 Å². The number of hydrogen-bond acceptors (Lipinski definition) is 3. The smallest absolute Gasteiger partial charge is 0.159 e. The highest BCUT2D eigenvalue weighted by Crippen LogP contribution is 2.37. The van der Waals surface area contributed by atoms with Gasteiger partial charge in [0.2, 0.25) is 0 Å². The molecule has 0 radical (unpaired) electrons. The second-order valence-electron chi connectivity index (χ2n) is 4.08. The van der Waals surface area contributed by atoms with Gasteiger partial charge in [-0.2, -0.15) is 5.10 Å². The topological polar surface area (TPSA) is 56.2 Å². The van der Waals surface area contributed by atoms with Crippen molar-refractivity contribution in [2.24, 2.45) is 5.73 Å². The van der Waals surface area contributed by atoms with Crippen molar-refractivity contribution in [2.75, 3.05) is 0 Å². The molecule has 0 atom stereocenters. The fourth-order valence-corrected chi connectivity index (χ4v) is 2.16. The van der Waals surface area contributed by atoms with Gasteiger partial charge < -0.3 is 5.73 Å². The maximum absolute atomic E-state index is 5.78. The van der Waals surface area contributed by atoms with Crippen molar-refractivity contribution in [1.29, 1.82) is 0 Å². The third-order valence-corrected chi connectivity index (χ3v) is 3.22. The Morgan fingerprint density at radius 3 is 3.00 bits per heavy atom. The molecule has 0 spiro atoms. The minimum Gasteiger partial charge on any atom is -0.326 e. The van der Waals surface area contributed by atoms with E-state index in [1.165, 1.54) is 25.0 Å². The summed E-state index contributed by atoms with van der Waals surface area (Å²) >= 11 is 0. The maximum Gasteiger partial charge on any atom is 0.159 e. The molecule has 2 N–H and O–H groups in total. The first-order valence-corrected chi connectivity index (χ1v) is 5.42. The molecule has 1 aliphatic carbocycles. The van der Waals surface area contributed by atoms with Crippen LogP contribution in [0.2, 0.25) is 0 Å². The van der Waals surface area contributed by atoms with Crippen LogP contribution in [-0.4, -0.2) is 14.6 Å². The Morgan fingerprint density at radius 2 is 2.33 bits per heavy atom. The standard InChI is InChI=1S/C11H14N4/c12-7-9-10(8-3-1-4-8)14-15-6-2-5-13-11(9)15/h2,5-6,8H,1,3-4,7,12H2. The van der Waals surface area contributed by atoms with Crippen LogP contribution < -0.4 is 5.73 Å². The molecule has 2 heterocycles. The summed E-state index contributed by atoms with van der Waals surface area (Å²) in [4.78, 5) is 4.33. The van der Waals surface area contributed by atoms with Crippen molar-refractivity contribution in [2.45, 2.75) is 31.7 Å². The molecule has 3 rings (SSSR count). The summed E-state index contributed by atoms with van der Waals surface area (Å²) in [7, 11) is 0. The molecule has 0 bridgehead atoms. The van der Waals surface area contributed by atoms with Gasteiger partial charge >= 0.3 is 0 Å². The van der Waals surface area contributed by atoms with E-state index in [1.54, 1.807) is 6.20 Å². The molecule has 0 unspecified atom stereocenters. The van der Waals surface area contributed by atoms with Gasteiger partial charge in [-0.1, -0.05) is 6.42 Å². The van der Waals surface area contributed by atoms with Crippen LogP contribution >= 0.6 is 0 Å². The van der Waals surface area contributed by atoms with Crippen molar-refractivity contribution >= 4 is 5.65 Å². The lowest BCUT2D eigenvalue weighted by molar-refractivity contribution is 0.407. The lowest BCUT2D eigenvalue weighted by atomic mass is 9.81. The molecule has 1 fully saturated rings. The molecule has 78 valence electrons. The molecular formula is C11H14N4. The molecule has 0 amide bonds. The number of nitrogens with two attached hydrogens (primary N) is 1. The third kappa shape index (κ3) is 1.25. The van der Waals surface area contributed by atoms with E-state index < -0.39 is 0 Å². The molecule has 4 heteroatoms. The van der Waals surface area contributed by atoms with E-state index in [2.05, 4.69) is 10.1 Å². The fraction of sp³-hybridized carbons (Fsp3) is 0.455. The summed E-state index contributed by atoms with van der Waals surface area (Å²) in [5.74, 6) is 0.616. The minimum absolute atomic E-state index is 0.534. The Bertz CT molecular complexity index is 484. The summed E-state index contributed by atoms with van der Waals surface area (Å²) in [5.41, 5.74) is 9.00. The van der Waals surface area contributed by atoms with Crippen molar-refractivity contribution in [3.05, 3.63) is 29.7 Å². The van der Waals surface area contributed by atoms with Crippen LogP contribution in [0.25, 0.3) is 5.65 Å². The Morgan fingerprint density at radius 1 is 1.47 bits per heavy atom. The van der Waals surface area contributed by atoms with Crippen molar-refractivity contribution < 1.29 is 0 Å². The lowest BCUT2D eigenvalue weighted by Gasteiger charge is -2.24. The van der Waals surface area contributed by atoms with E-state index >= 15 is 0 Å². The zero-order valence-electron chi connectivity index (χ0n) is 8.56. The fourth-order valence-electron chi connectivity index (χ4n) is 2.16. The maximum atomic E-state index is 5.78. The first-order chi connectivity index (χ1) is 7.40. The SMILES string of the molecule is NCc1c(C2CCC2)nn2cccnc12. The van der Waals surface area contributed by atoms with E-state index in [0.717, 1.165) is 11.2 Å². The second-order valence-corrected chi connectivity index (χ2v) is 4.08. The summed E-state index contributed by atoms with van der Waals surface area (Å²) < 4.78 is 1.84. The van der Waals surface area contributed by atoms with Gasteiger partial charge in [-0.15, -0.1) is 0 Å². The van der Waals surface area contributed by atoms with Crippen LogP contribution in [-0.2, 0) is 6.54 Å². The Labute approximate surface area is 88.1 Å². The van der Waals surface area contributed by atoms with E-state index in [0.29, 0.717) is 12.5 Å². The first-order valence-electron chi connectivity index (χ1n) is 5.42. The average molecular weight is 202 g/mol. The van der Waals surface area contributed by atoms with E-state index in [9.17, 15) is 0 Å². The molecule has 0 aliphatic heterocycles. The largest absolute Gasteiger partial charge is 0.326 e. The van der Waals surface area contributed by atoms with Crippen LogP contribution in [0.5, 0.6) is 0 Å². The van der Waals surface area contributed by atoms with Gasteiger partial charge in [-0.25, -0.2) is 9.50 Å². The van der Waals surface area contributed by atoms with Crippen LogP contribution in [0.15, 0.2) is 18.5 Å². The van der Waals surface area contributed by atoms with Crippen LogP contribution in [0.3, 0.4) is 0 Å². The zero-order valence-corrected chi connectivity index (χ0v) is 8.56. The normalized spacial score (nSPS) is 16.9. The summed E-state index contributed by atoms with van der Waals surface area (Å²) in [6, 6.07) is 1.89. The monoisotopic (exact) mass is 202 g/mol. The summed E-state index contributed by atoms with van der Waals surface area (Å²) in [5, 5.41) is 4.58. The van der Waals surface area contributed by atoms with E-state index in [4.69, 9.17) is 5.73 Å². The predicted molar refractivity (Wildman–Crippen MR) is 57.5 cm³/mol. The van der Waals surface area contributed by atoms with Gasteiger partial charge in [-0.3, -0.25) is 0 Å². The first kappa shape index (κ1) is 8.85. The number of nitrogens with zero attached hydrogens (tertiary/aromatic N) is 3. The van der Waals surface area contributed by atoms with E-state index in [-0.39, 0.29) is 0 Å². The average Bonchev–Trinajstić information content (AvgIpc) is 2.53. The van der Waals surface area contributed by atoms with Gasteiger partial charge in [0.15, 0.2) is 5.65 Å². The van der Waals surface area contributed by atoms with Crippen molar-refractivity contribution in [3.8, 4) is 0 Å². The van der Waals surface area contributed by atoms with Gasteiger partial charge in [0, 0.05) is 30.4 Å². The Balaban J connectivity index is 2.19. The number of aromatic nitrogens is 3. The Kier molecular flexibility index (Phi) is 1.95. The highest BCUT2D eigenvalue weighted by Gasteiger charge is 2.26. The van der Waals surface area contributed by atoms with Gasteiger partial charge in [0.05, 0.1) is 5.69 Å². The van der Waals surface area contributed by atoms with Gasteiger partial charge in [0.1, 0.15) is 0 Å². The predicted octanol–water partition coefficient (Wildman–Crippen LogP) is 1.46. The van der Waals surface area contributed by atoms with Crippen LogP contribution in [0, 0.1) is 0 Å². The molecule has 4 nitrogen and oxygen atoms in total. The van der Waals surface area contributed by atoms with E-state index in [1.807, 2.05) is 16.8 Å². The van der Waals surface area contributed by atoms with Gasteiger partial charge in [0.25, 0.3) is 0 Å². The molecule has 1 saturated carbocycles. The molecule has 0 aromatic carbocycles. The molecule has 0 saturated heterocycles. The summed E-state index contributed by atoms with van der Waals surface area (Å²) in [6.45, 7) is 0.534. The zero-order chi connectivity index (χ0) is 10.3. The molecule has 1 aliphatic rings. The number of rotatable bonds is 2. The second kappa shape index (κ2) is 3.31. The highest BCUT2D eigenvalue weighted by atomic mass is 15.3. The van der Waals surface area contributed by atoms with Crippen molar-refractivity contribution in [1.82, 2.24) is 14.6 Å². The quantitative estimate of drug-likeness (QED) is 0.802. The third-order valence-electron chi connectivity index (χ3n) is 3.22. The lowest BCUT2D eigenvalue weighted by Crippen LogP contribution is -2.12. The van der Waals surface area contributed by atoms with Crippen molar-refractivity contribution in [3.63, 3.8) is 0 Å². The molecule has 2 aromatic rings. The number of fused-ring (bicyclic) bond motifs is 1. The Hall–Kier alpha value is -1.42. The van der Waals surface area contributed by atoms with Crippen LogP contribution in [0.4, 0.5) is 0 Å². The molecule has 15 heavy (non-hydrogen) atoms. The highest BCUT2D eigenvalue weighted by molar-refractivity contribution is 5.50. The summed E-state index contributed by atoms with van der Waals surface area (Å²) in [6.07, 6.45) is 7.54.